The van der Waals surface area contributed by atoms with E-state index in [9.17, 15) is 24.3 Å². The summed E-state index contributed by atoms with van der Waals surface area (Å²) in [7, 11) is 2.91. The van der Waals surface area contributed by atoms with E-state index >= 15 is 0 Å². The molecule has 3 amide bonds. The number of carbonyl (C=O) groups excluding carboxylic acids is 3. The first-order chi connectivity index (χ1) is 17.1. The number of hydrogen-bond acceptors (Lipinski definition) is 13. The summed E-state index contributed by atoms with van der Waals surface area (Å²) in [5, 5.41) is 19.1. The highest BCUT2D eigenvalue weighted by Crippen LogP contribution is 2.41. The van der Waals surface area contributed by atoms with Crippen molar-refractivity contribution in [1.29, 1.82) is 0 Å². The molecule has 36 heavy (non-hydrogen) atoms. The smallest absolute Gasteiger partial charge is 0.352 e. The molecule has 5 N–H and O–H groups in total. The maximum absolute atomic E-state index is 12.9. The number of nitrogens with two attached hydrogens (primary N) is 1. The third kappa shape index (κ3) is 4.76. The molecule has 0 unspecified atom stereocenters. The van der Waals surface area contributed by atoms with Crippen LogP contribution in [0.4, 0.5) is 5.13 Å². The van der Waals surface area contributed by atoms with Gasteiger partial charge in [-0.3, -0.25) is 29.7 Å². The minimum Gasteiger partial charge on any atom is -0.477 e. The number of nitrogen functional groups attached to an aromatic ring is 1. The standard InChI is InChI=1S/C19H20N8O6S3/c1-7-13(28)23-19(26(2)24-7)36-5-8-4-34-16-11(15(30)27(16)12(8)17(31)32)22-14(29)10(25-33-3)9-6-35-18(20)21-9/h6,11,16,24H,1,4-5H2,2-3H3,(H2,20,21)(H,22,29)(H,31,32)/b25-10+/t11-,16-/m1/s1. The van der Waals surface area contributed by atoms with Crippen molar-refractivity contribution in [2.24, 2.45) is 10.1 Å². The number of amidine groups is 1. The summed E-state index contributed by atoms with van der Waals surface area (Å²) in [6.45, 7) is 3.56. The molecule has 0 spiro atoms. The number of anilines is 1. The number of hydrogen-bond donors (Lipinski definition) is 4. The number of carboxylic acids is 1. The molecule has 4 rings (SSSR count). The first kappa shape index (κ1) is 25.5. The SMILES string of the molecule is C=C1NN(C)C(SCC2=C(C(=O)O)N3C(=O)[C@@H](NC(=O)/C(=N/OC)c4csc(N)n4)[C@H]3SC2)=NC1=O. The lowest BCUT2D eigenvalue weighted by atomic mass is 10.0. The van der Waals surface area contributed by atoms with Crippen molar-refractivity contribution in [2.75, 3.05) is 31.4 Å². The van der Waals surface area contributed by atoms with Crippen molar-refractivity contribution in [3.05, 3.63) is 34.6 Å². The summed E-state index contributed by atoms with van der Waals surface area (Å²) >= 11 is 3.57. The Morgan fingerprint density at radius 2 is 2.22 bits per heavy atom. The number of rotatable bonds is 7. The van der Waals surface area contributed by atoms with Gasteiger partial charge in [-0.25, -0.2) is 9.78 Å². The van der Waals surface area contributed by atoms with Gasteiger partial charge < -0.3 is 21.0 Å². The lowest BCUT2D eigenvalue weighted by Gasteiger charge is -2.49. The molecule has 1 saturated heterocycles. The van der Waals surface area contributed by atoms with E-state index in [1.165, 1.54) is 29.3 Å². The summed E-state index contributed by atoms with van der Waals surface area (Å²) in [6, 6.07) is -0.967. The van der Waals surface area contributed by atoms with Gasteiger partial charge in [0, 0.05) is 23.9 Å². The summed E-state index contributed by atoms with van der Waals surface area (Å²) in [5.41, 5.74) is 8.87. The van der Waals surface area contributed by atoms with Crippen molar-refractivity contribution in [3.8, 4) is 0 Å². The third-order valence-electron chi connectivity index (χ3n) is 5.12. The van der Waals surface area contributed by atoms with Crippen molar-refractivity contribution >= 4 is 74.6 Å². The fourth-order valence-electron chi connectivity index (χ4n) is 3.50. The Kier molecular flexibility index (Phi) is 7.23. The van der Waals surface area contributed by atoms with Crippen LogP contribution < -0.4 is 16.5 Å². The summed E-state index contributed by atoms with van der Waals surface area (Å²) in [5.74, 6) is -2.59. The minimum atomic E-state index is -1.27. The molecule has 0 aromatic carbocycles. The zero-order valence-electron chi connectivity index (χ0n) is 18.9. The number of thioether (sulfide) groups is 2. The molecule has 14 nitrogen and oxygen atoms in total. The highest BCUT2D eigenvalue weighted by Gasteiger charge is 2.54. The zero-order chi connectivity index (χ0) is 26.1. The van der Waals surface area contributed by atoms with E-state index < -0.39 is 35.1 Å². The van der Waals surface area contributed by atoms with Crippen LogP contribution in [0.5, 0.6) is 0 Å². The predicted molar refractivity (Wildman–Crippen MR) is 135 cm³/mol. The molecule has 0 saturated carbocycles. The molecule has 0 radical (unpaired) electrons. The van der Waals surface area contributed by atoms with Crippen molar-refractivity contribution in [2.45, 2.75) is 11.4 Å². The average molecular weight is 553 g/mol. The highest BCUT2D eigenvalue weighted by molar-refractivity contribution is 8.14. The lowest BCUT2D eigenvalue weighted by Crippen LogP contribution is -2.71. The van der Waals surface area contributed by atoms with Crippen LogP contribution >= 0.6 is 34.9 Å². The quantitative estimate of drug-likeness (QED) is 0.145. The maximum Gasteiger partial charge on any atom is 0.352 e. The Labute approximate surface area is 216 Å². The summed E-state index contributed by atoms with van der Waals surface area (Å²) in [6.07, 6.45) is 0. The van der Waals surface area contributed by atoms with Gasteiger partial charge in [-0.2, -0.15) is 4.99 Å². The van der Waals surface area contributed by atoms with Crippen LogP contribution in [0.15, 0.2) is 39.1 Å². The van der Waals surface area contributed by atoms with E-state index in [1.54, 1.807) is 7.05 Å². The van der Waals surface area contributed by atoms with Crippen LogP contribution in [0.1, 0.15) is 5.69 Å². The van der Waals surface area contributed by atoms with Gasteiger partial charge in [0.25, 0.3) is 17.7 Å². The molecular formula is C19H20N8O6S3. The number of carbonyl (C=O) groups is 4. The van der Waals surface area contributed by atoms with Crippen molar-refractivity contribution in [3.63, 3.8) is 0 Å². The Morgan fingerprint density at radius 1 is 1.47 bits per heavy atom. The third-order valence-corrected chi connectivity index (χ3v) is 8.25. The Balaban J connectivity index is 1.48. The average Bonchev–Trinajstić information content (AvgIpc) is 3.27. The topological polar surface area (TPSA) is 192 Å². The van der Waals surface area contributed by atoms with Gasteiger partial charge in [0.2, 0.25) is 0 Å². The van der Waals surface area contributed by atoms with Crippen LogP contribution in [0.25, 0.3) is 0 Å². The van der Waals surface area contributed by atoms with E-state index in [0.29, 0.717) is 16.5 Å². The van der Waals surface area contributed by atoms with E-state index in [0.717, 1.165) is 28.0 Å². The van der Waals surface area contributed by atoms with E-state index in [1.807, 2.05) is 0 Å². The Bertz CT molecular complexity index is 1260. The molecule has 1 fully saturated rings. The second-order valence-corrected chi connectivity index (χ2v) is 10.4. The molecule has 2 atom stereocenters. The molecule has 3 aliphatic heterocycles. The Hall–Kier alpha value is -3.57. The van der Waals surface area contributed by atoms with E-state index in [-0.39, 0.29) is 33.7 Å². The molecule has 3 aliphatic rings. The number of hydrazine groups is 1. The fraction of sp³-hybridized carbons (Fsp3) is 0.316. The number of nitrogens with one attached hydrogen (secondary N) is 2. The van der Waals surface area contributed by atoms with Crippen LogP contribution in [0.3, 0.4) is 0 Å². The largest absolute Gasteiger partial charge is 0.477 e. The lowest BCUT2D eigenvalue weighted by molar-refractivity contribution is -0.150. The number of carboxylic acid groups (broad SMARTS) is 1. The van der Waals surface area contributed by atoms with Crippen molar-refractivity contribution in [1.82, 2.24) is 25.6 Å². The molecule has 0 aliphatic carbocycles. The number of oxime groups is 1. The molecule has 4 heterocycles. The predicted octanol–water partition coefficient (Wildman–Crippen LogP) is -0.606. The molecule has 0 bridgehead atoms. The first-order valence-corrected chi connectivity index (χ1v) is 13.0. The highest BCUT2D eigenvalue weighted by atomic mass is 32.2. The number of amides is 3. The normalized spacial score (nSPS) is 22.0. The van der Waals surface area contributed by atoms with Gasteiger partial charge in [-0.15, -0.1) is 23.1 Å². The van der Waals surface area contributed by atoms with Gasteiger partial charge in [0.15, 0.2) is 16.0 Å². The number of β-lactam (4-membered cyclic amide) rings is 1. The van der Waals surface area contributed by atoms with Crippen LogP contribution in [-0.2, 0) is 24.0 Å². The zero-order valence-corrected chi connectivity index (χ0v) is 21.3. The second-order valence-electron chi connectivity index (χ2n) is 7.45. The number of aliphatic imine (C=N–C) groups is 1. The van der Waals surface area contributed by atoms with E-state index in [2.05, 4.69) is 32.5 Å². The molecule has 17 heteroatoms. The fourth-order valence-corrected chi connectivity index (χ4v) is 6.46. The summed E-state index contributed by atoms with van der Waals surface area (Å²) in [4.78, 5) is 63.5. The minimum absolute atomic E-state index is 0.125. The van der Waals surface area contributed by atoms with Crippen LogP contribution in [0.2, 0.25) is 0 Å². The number of aliphatic carboxylic acids is 1. The monoisotopic (exact) mass is 552 g/mol. The van der Waals surface area contributed by atoms with Gasteiger partial charge in [-0.05, 0) is 5.57 Å². The van der Waals surface area contributed by atoms with E-state index in [4.69, 9.17) is 10.6 Å². The molecule has 190 valence electrons. The molecular weight excluding hydrogens is 532 g/mol. The molecule has 1 aromatic heterocycles. The number of aromatic nitrogens is 1. The van der Waals surface area contributed by atoms with Gasteiger partial charge >= 0.3 is 5.97 Å². The number of fused-ring (bicyclic) bond motifs is 1. The number of nitrogens with zero attached hydrogens (tertiary/aromatic N) is 5. The van der Waals surface area contributed by atoms with Gasteiger partial charge in [0.05, 0.1) is 0 Å². The maximum atomic E-state index is 12.9. The second kappa shape index (κ2) is 10.2. The van der Waals surface area contributed by atoms with Crippen LogP contribution in [-0.4, -0.2) is 91.6 Å². The van der Waals surface area contributed by atoms with Gasteiger partial charge in [0.1, 0.15) is 35.6 Å². The first-order valence-electron chi connectivity index (χ1n) is 10.1. The number of thiazole rings is 1. The van der Waals surface area contributed by atoms with Crippen LogP contribution in [0, 0.1) is 0 Å². The Morgan fingerprint density at radius 3 is 2.86 bits per heavy atom. The molecule has 1 aromatic rings. The van der Waals surface area contributed by atoms with Crippen molar-refractivity contribution < 1.29 is 29.1 Å². The summed E-state index contributed by atoms with van der Waals surface area (Å²) < 4.78 is 0. The van der Waals surface area contributed by atoms with Gasteiger partial charge in [-0.1, -0.05) is 23.5 Å².